The van der Waals surface area contributed by atoms with Crippen molar-refractivity contribution >= 4 is 16.8 Å². The molecule has 1 aliphatic carbocycles. The lowest BCUT2D eigenvalue weighted by atomic mass is 9.64. The minimum atomic E-state index is -0.404. The molecule has 1 aromatic carbocycles. The van der Waals surface area contributed by atoms with E-state index in [2.05, 4.69) is 10.3 Å². The monoisotopic (exact) mass is 286 g/mol. The number of fused-ring (bicyclic) bond motifs is 1. The second-order valence-corrected chi connectivity index (χ2v) is 6.19. The molecule has 0 radical (unpaired) electrons. The van der Waals surface area contributed by atoms with Crippen LogP contribution < -0.4 is 10.9 Å². The van der Waals surface area contributed by atoms with Crippen molar-refractivity contribution < 1.29 is 9.90 Å². The van der Waals surface area contributed by atoms with Crippen LogP contribution in [0.1, 0.15) is 30.6 Å². The summed E-state index contributed by atoms with van der Waals surface area (Å²) in [7, 11) is 0. The highest BCUT2D eigenvalue weighted by molar-refractivity contribution is 6.06. The van der Waals surface area contributed by atoms with Crippen molar-refractivity contribution in [2.24, 2.45) is 5.41 Å². The van der Waals surface area contributed by atoms with Crippen molar-refractivity contribution in [3.63, 3.8) is 0 Å². The number of aromatic amines is 1. The Bertz CT molecular complexity index is 763. The molecule has 21 heavy (non-hydrogen) atoms. The lowest BCUT2D eigenvalue weighted by molar-refractivity contribution is -0.0689. The molecule has 5 nitrogen and oxygen atoms in total. The molecule has 0 spiro atoms. The maximum absolute atomic E-state index is 12.5. The van der Waals surface area contributed by atoms with Gasteiger partial charge in [0.1, 0.15) is 0 Å². The SMILES string of the molecule is CC1(C)C(O)CC1NC(=O)c1cc(=O)[nH]c2ccccc12. The predicted octanol–water partition coefficient (Wildman–Crippen LogP) is 1.42. The fourth-order valence-electron chi connectivity index (χ4n) is 2.78. The summed E-state index contributed by atoms with van der Waals surface area (Å²) in [4.78, 5) is 26.9. The molecule has 1 aliphatic rings. The molecule has 3 rings (SSSR count). The molecule has 3 N–H and O–H groups in total. The molecule has 2 atom stereocenters. The van der Waals surface area contributed by atoms with Gasteiger partial charge in [0.15, 0.2) is 0 Å². The first kappa shape index (κ1) is 13.8. The van der Waals surface area contributed by atoms with Crippen LogP contribution in [-0.4, -0.2) is 28.1 Å². The van der Waals surface area contributed by atoms with Gasteiger partial charge in [-0.05, 0) is 12.5 Å². The van der Waals surface area contributed by atoms with Crippen molar-refractivity contribution in [1.29, 1.82) is 0 Å². The molecule has 1 fully saturated rings. The zero-order valence-electron chi connectivity index (χ0n) is 12.0. The van der Waals surface area contributed by atoms with Gasteiger partial charge in [0.25, 0.3) is 5.91 Å². The predicted molar refractivity (Wildman–Crippen MR) is 80.2 cm³/mol. The number of nitrogens with one attached hydrogen (secondary N) is 2. The van der Waals surface area contributed by atoms with Crippen LogP contribution in [0.4, 0.5) is 0 Å². The van der Waals surface area contributed by atoms with E-state index in [0.717, 1.165) is 0 Å². The number of aromatic nitrogens is 1. The molecule has 0 bridgehead atoms. The summed E-state index contributed by atoms with van der Waals surface area (Å²) in [5.74, 6) is -0.276. The number of para-hydroxylation sites is 1. The number of H-pyrrole nitrogens is 1. The quantitative estimate of drug-likeness (QED) is 0.781. The van der Waals surface area contributed by atoms with Gasteiger partial charge in [-0.15, -0.1) is 0 Å². The van der Waals surface area contributed by atoms with E-state index in [-0.39, 0.29) is 22.9 Å². The van der Waals surface area contributed by atoms with Crippen LogP contribution in [0.2, 0.25) is 0 Å². The van der Waals surface area contributed by atoms with E-state index < -0.39 is 6.10 Å². The third-order valence-corrected chi connectivity index (χ3v) is 4.52. The van der Waals surface area contributed by atoms with E-state index >= 15 is 0 Å². The molecule has 110 valence electrons. The lowest BCUT2D eigenvalue weighted by Crippen LogP contribution is -2.61. The van der Waals surface area contributed by atoms with Gasteiger partial charge in [0.2, 0.25) is 5.56 Å². The Balaban J connectivity index is 1.94. The molecule has 2 aromatic rings. The highest BCUT2D eigenvalue weighted by Crippen LogP contribution is 2.40. The van der Waals surface area contributed by atoms with E-state index in [0.29, 0.717) is 22.9 Å². The van der Waals surface area contributed by atoms with Crippen LogP contribution in [-0.2, 0) is 0 Å². The lowest BCUT2D eigenvalue weighted by Gasteiger charge is -2.49. The minimum absolute atomic E-state index is 0.0851. The molecule has 0 saturated heterocycles. The fraction of sp³-hybridized carbons (Fsp3) is 0.375. The van der Waals surface area contributed by atoms with E-state index in [4.69, 9.17) is 0 Å². The van der Waals surface area contributed by atoms with Crippen LogP contribution in [0.5, 0.6) is 0 Å². The molecule has 1 amide bonds. The van der Waals surface area contributed by atoms with Gasteiger partial charge in [0, 0.05) is 28.4 Å². The number of rotatable bonds is 2. The summed E-state index contributed by atoms with van der Waals surface area (Å²) < 4.78 is 0. The average Bonchev–Trinajstić information content (AvgIpc) is 2.45. The standard InChI is InChI=1S/C16H18N2O3/c1-16(2)12(8-13(16)19)18-15(21)10-7-14(20)17-11-6-4-3-5-9(10)11/h3-7,12-13,19H,8H2,1-2H3,(H,17,20)(H,18,21). The van der Waals surface area contributed by atoms with Crippen molar-refractivity contribution in [3.8, 4) is 0 Å². The first-order valence-electron chi connectivity index (χ1n) is 7.00. The van der Waals surface area contributed by atoms with Crippen molar-refractivity contribution in [3.05, 3.63) is 46.2 Å². The Morgan fingerprint density at radius 3 is 2.76 bits per heavy atom. The number of benzene rings is 1. The molecule has 1 heterocycles. The smallest absolute Gasteiger partial charge is 0.252 e. The van der Waals surface area contributed by atoms with Gasteiger partial charge in [-0.1, -0.05) is 32.0 Å². The van der Waals surface area contributed by atoms with Gasteiger partial charge in [-0.2, -0.15) is 0 Å². The Labute approximate surface area is 122 Å². The Kier molecular flexibility index (Phi) is 3.10. The Hall–Kier alpha value is -2.14. The fourth-order valence-corrected chi connectivity index (χ4v) is 2.78. The molecule has 1 aromatic heterocycles. The van der Waals surface area contributed by atoms with Gasteiger partial charge in [-0.3, -0.25) is 9.59 Å². The molecular formula is C16H18N2O3. The number of hydrogen-bond acceptors (Lipinski definition) is 3. The molecule has 0 aliphatic heterocycles. The first-order chi connectivity index (χ1) is 9.89. The molecule has 5 heteroatoms. The van der Waals surface area contributed by atoms with E-state index in [1.54, 1.807) is 12.1 Å². The highest BCUT2D eigenvalue weighted by Gasteiger charge is 2.48. The van der Waals surface area contributed by atoms with Crippen molar-refractivity contribution in [2.45, 2.75) is 32.4 Å². The molecule has 2 unspecified atom stereocenters. The van der Waals surface area contributed by atoms with Crippen molar-refractivity contribution in [1.82, 2.24) is 10.3 Å². The molecule has 1 saturated carbocycles. The van der Waals surface area contributed by atoms with E-state index in [1.807, 2.05) is 26.0 Å². The summed E-state index contributed by atoms with van der Waals surface area (Å²) in [6, 6.07) is 8.45. The average molecular weight is 286 g/mol. The zero-order chi connectivity index (χ0) is 15.2. The summed E-state index contributed by atoms with van der Waals surface area (Å²) in [5, 5.41) is 13.4. The number of pyridine rings is 1. The number of aliphatic hydroxyl groups is 1. The van der Waals surface area contributed by atoms with Gasteiger partial charge in [0.05, 0.1) is 11.7 Å². The van der Waals surface area contributed by atoms with Crippen LogP contribution in [0.3, 0.4) is 0 Å². The molecular weight excluding hydrogens is 268 g/mol. The Morgan fingerprint density at radius 1 is 1.38 bits per heavy atom. The van der Waals surface area contributed by atoms with Crippen molar-refractivity contribution in [2.75, 3.05) is 0 Å². The summed E-state index contributed by atoms with van der Waals surface area (Å²) in [6.45, 7) is 3.84. The minimum Gasteiger partial charge on any atom is -0.392 e. The number of hydrogen-bond donors (Lipinski definition) is 3. The maximum Gasteiger partial charge on any atom is 0.252 e. The topological polar surface area (TPSA) is 82.2 Å². The first-order valence-corrected chi connectivity index (χ1v) is 7.00. The Morgan fingerprint density at radius 2 is 2.10 bits per heavy atom. The zero-order valence-corrected chi connectivity index (χ0v) is 12.0. The van der Waals surface area contributed by atoms with Gasteiger partial charge >= 0.3 is 0 Å². The largest absolute Gasteiger partial charge is 0.392 e. The van der Waals surface area contributed by atoms with Gasteiger partial charge < -0.3 is 15.4 Å². The van der Waals surface area contributed by atoms with E-state index in [1.165, 1.54) is 6.07 Å². The number of amides is 1. The summed E-state index contributed by atoms with van der Waals surface area (Å²) >= 11 is 0. The summed E-state index contributed by atoms with van der Waals surface area (Å²) in [6.07, 6.45) is 0.138. The van der Waals surface area contributed by atoms with E-state index in [9.17, 15) is 14.7 Å². The summed E-state index contributed by atoms with van der Waals surface area (Å²) in [5.41, 5.74) is 0.369. The number of carbonyl (C=O) groups is 1. The van der Waals surface area contributed by atoms with Crippen LogP contribution in [0.15, 0.2) is 35.1 Å². The number of carbonyl (C=O) groups excluding carboxylic acids is 1. The van der Waals surface area contributed by atoms with Gasteiger partial charge in [-0.25, -0.2) is 0 Å². The second kappa shape index (κ2) is 4.70. The third kappa shape index (κ3) is 2.23. The highest BCUT2D eigenvalue weighted by atomic mass is 16.3. The second-order valence-electron chi connectivity index (χ2n) is 6.19. The number of aliphatic hydroxyl groups excluding tert-OH is 1. The normalized spacial score (nSPS) is 23.6. The van der Waals surface area contributed by atoms with Crippen LogP contribution >= 0.6 is 0 Å². The maximum atomic E-state index is 12.5. The third-order valence-electron chi connectivity index (χ3n) is 4.52. The van der Waals surface area contributed by atoms with Crippen LogP contribution in [0, 0.1) is 5.41 Å². The van der Waals surface area contributed by atoms with Crippen LogP contribution in [0.25, 0.3) is 10.9 Å².